The van der Waals surface area contributed by atoms with Gasteiger partial charge < -0.3 is 4.42 Å². The van der Waals surface area contributed by atoms with E-state index in [2.05, 4.69) is 121 Å². The fourth-order valence-electron chi connectivity index (χ4n) is 7.36. The van der Waals surface area contributed by atoms with Gasteiger partial charge in [-0.05, 0) is 35.9 Å². The molecule has 0 aliphatic heterocycles. The third-order valence-corrected chi connectivity index (χ3v) is 12.0. The smallest absolute Gasteiger partial charge is 0.164 e. The van der Waals surface area contributed by atoms with Crippen molar-refractivity contribution in [1.82, 2.24) is 15.0 Å². The Morgan fingerprint density at radius 1 is 0.373 bits per heavy atom. The summed E-state index contributed by atoms with van der Waals surface area (Å²) in [7, 11) is 0. The zero-order valence-corrected chi connectivity index (χ0v) is 28.6. The van der Waals surface area contributed by atoms with Gasteiger partial charge in [-0.15, -0.1) is 22.7 Å². The van der Waals surface area contributed by atoms with Crippen molar-refractivity contribution in [2.75, 3.05) is 0 Å². The second-order valence-electron chi connectivity index (χ2n) is 12.8. The van der Waals surface area contributed by atoms with Gasteiger partial charge in [-0.2, -0.15) is 0 Å². The van der Waals surface area contributed by atoms with E-state index >= 15 is 0 Å². The molecular weight excluding hydrogens is 663 g/mol. The molecule has 51 heavy (non-hydrogen) atoms. The number of thiophene rings is 2. The zero-order chi connectivity index (χ0) is 33.5. The Bertz CT molecular complexity index is 3160. The number of hydrogen-bond donors (Lipinski definition) is 0. The van der Waals surface area contributed by atoms with Crippen molar-refractivity contribution < 1.29 is 4.42 Å². The molecule has 0 saturated carbocycles. The molecule has 7 aromatic carbocycles. The van der Waals surface area contributed by atoms with Crippen LogP contribution in [0.3, 0.4) is 0 Å². The fourth-order valence-corrected chi connectivity index (χ4v) is 9.68. The second-order valence-corrected chi connectivity index (χ2v) is 14.9. The van der Waals surface area contributed by atoms with Crippen LogP contribution in [-0.2, 0) is 0 Å². The molecule has 0 atom stereocenters. The van der Waals surface area contributed by atoms with Crippen molar-refractivity contribution in [2.45, 2.75) is 0 Å². The highest BCUT2D eigenvalue weighted by Gasteiger charge is 2.19. The number of benzene rings is 7. The third-order valence-electron chi connectivity index (χ3n) is 9.75. The van der Waals surface area contributed by atoms with Crippen LogP contribution in [0.2, 0.25) is 0 Å². The summed E-state index contributed by atoms with van der Waals surface area (Å²) < 4.78 is 11.4. The van der Waals surface area contributed by atoms with E-state index in [0.717, 1.165) is 44.2 Å². The van der Waals surface area contributed by atoms with Crippen molar-refractivity contribution >= 4 is 85.0 Å². The van der Waals surface area contributed by atoms with Crippen LogP contribution in [0.15, 0.2) is 156 Å². The molecule has 238 valence electrons. The predicted octanol–water partition coefficient (Wildman–Crippen LogP) is 13.2. The van der Waals surface area contributed by atoms with E-state index in [0.29, 0.717) is 17.5 Å². The van der Waals surface area contributed by atoms with E-state index in [9.17, 15) is 0 Å². The number of rotatable bonds is 4. The van der Waals surface area contributed by atoms with Crippen molar-refractivity contribution in [3.05, 3.63) is 152 Å². The quantitative estimate of drug-likeness (QED) is 0.185. The highest BCUT2D eigenvalue weighted by molar-refractivity contribution is 7.26. The maximum absolute atomic E-state index is 6.47. The highest BCUT2D eigenvalue weighted by Crippen LogP contribution is 2.44. The van der Waals surface area contributed by atoms with Gasteiger partial charge in [-0.3, -0.25) is 0 Å². The first kappa shape index (κ1) is 28.6. The van der Waals surface area contributed by atoms with Gasteiger partial charge in [0, 0.05) is 73.4 Å². The Kier molecular flexibility index (Phi) is 6.26. The van der Waals surface area contributed by atoms with Crippen LogP contribution in [0.1, 0.15) is 0 Å². The summed E-state index contributed by atoms with van der Waals surface area (Å²) in [4.78, 5) is 15.2. The molecule has 4 aromatic heterocycles. The summed E-state index contributed by atoms with van der Waals surface area (Å²) in [5.41, 5.74) is 6.98. The lowest BCUT2D eigenvalue weighted by Gasteiger charge is -2.09. The largest absolute Gasteiger partial charge is 0.455 e. The van der Waals surface area contributed by atoms with Crippen molar-refractivity contribution in [3.63, 3.8) is 0 Å². The molecule has 6 heteroatoms. The van der Waals surface area contributed by atoms with Gasteiger partial charge in [0.25, 0.3) is 0 Å². The molecule has 0 fully saturated rings. The van der Waals surface area contributed by atoms with Gasteiger partial charge in [0.05, 0.1) is 0 Å². The number of furan rings is 1. The van der Waals surface area contributed by atoms with Gasteiger partial charge in [-0.25, -0.2) is 15.0 Å². The average Bonchev–Trinajstić information content (AvgIpc) is 3.88. The Hall–Kier alpha value is -6.21. The van der Waals surface area contributed by atoms with E-state index in [4.69, 9.17) is 19.4 Å². The Morgan fingerprint density at radius 3 is 1.76 bits per heavy atom. The summed E-state index contributed by atoms with van der Waals surface area (Å²) in [6, 6.07) is 53.2. The minimum Gasteiger partial charge on any atom is -0.455 e. The lowest BCUT2D eigenvalue weighted by atomic mass is 9.97. The maximum Gasteiger partial charge on any atom is 0.164 e. The molecule has 0 unspecified atom stereocenters. The van der Waals surface area contributed by atoms with Gasteiger partial charge in [-0.1, -0.05) is 121 Å². The molecule has 0 aliphatic rings. The van der Waals surface area contributed by atoms with E-state index < -0.39 is 0 Å². The molecule has 0 aliphatic carbocycles. The van der Waals surface area contributed by atoms with Crippen LogP contribution < -0.4 is 0 Å². The normalized spacial score (nSPS) is 11.9. The minimum atomic E-state index is 0.655. The van der Waals surface area contributed by atoms with E-state index in [-0.39, 0.29) is 0 Å². The van der Waals surface area contributed by atoms with Gasteiger partial charge in [0.2, 0.25) is 0 Å². The van der Waals surface area contributed by atoms with Crippen LogP contribution in [0.4, 0.5) is 0 Å². The number of hydrogen-bond acceptors (Lipinski definition) is 6. The molecular formula is C45H25N3OS2. The lowest BCUT2D eigenvalue weighted by molar-refractivity contribution is 0.670. The number of fused-ring (bicyclic) bond motifs is 9. The number of nitrogens with zero attached hydrogens (tertiary/aromatic N) is 3. The molecule has 4 nitrogen and oxygen atoms in total. The molecule has 0 spiro atoms. The Morgan fingerprint density at radius 2 is 0.941 bits per heavy atom. The molecule has 0 N–H and O–H groups in total. The monoisotopic (exact) mass is 687 g/mol. The molecule has 0 bridgehead atoms. The van der Waals surface area contributed by atoms with Crippen molar-refractivity contribution in [3.8, 4) is 45.3 Å². The molecule has 0 saturated heterocycles. The summed E-state index contributed by atoms with van der Waals surface area (Å²) >= 11 is 3.59. The standard InChI is InChI=1S/C45H25N3OS2/c1-2-10-26(11-3-1)43-46-44(27-20-22-31-30-13-5-7-18-37(30)50-39(31)24-27)48-45(47-43)28-21-23-35-40(25-28)51-38-19-9-14-32(41(35)38)34-16-8-15-33-29-12-4-6-17-36(29)49-42(33)34/h1-25H. The van der Waals surface area contributed by atoms with Crippen LogP contribution in [0, 0.1) is 0 Å². The molecule has 0 amide bonds. The van der Waals surface area contributed by atoms with Crippen LogP contribution >= 0.6 is 22.7 Å². The average molecular weight is 688 g/mol. The SMILES string of the molecule is c1ccc(-c2nc(-c3ccc4c(c3)sc3ccccc34)nc(-c3ccc4c(c3)sc3cccc(-c5cccc6c5oc5ccccc56)c34)n2)cc1. The second kappa shape index (κ2) is 11.2. The van der Waals surface area contributed by atoms with E-state index in [1.807, 2.05) is 30.3 Å². The van der Waals surface area contributed by atoms with E-state index in [1.54, 1.807) is 22.7 Å². The lowest BCUT2D eigenvalue weighted by Crippen LogP contribution is -2.00. The zero-order valence-electron chi connectivity index (χ0n) is 27.0. The Labute approximate surface area is 299 Å². The predicted molar refractivity (Wildman–Crippen MR) is 215 cm³/mol. The number of para-hydroxylation sites is 2. The fraction of sp³-hybridized carbons (Fsp3) is 0. The van der Waals surface area contributed by atoms with Gasteiger partial charge >= 0.3 is 0 Å². The molecule has 4 heterocycles. The molecule has 11 rings (SSSR count). The van der Waals surface area contributed by atoms with Crippen LogP contribution in [0.5, 0.6) is 0 Å². The molecule has 0 radical (unpaired) electrons. The summed E-state index contributed by atoms with van der Waals surface area (Å²) in [5.74, 6) is 1.97. The highest BCUT2D eigenvalue weighted by atomic mass is 32.1. The van der Waals surface area contributed by atoms with Crippen LogP contribution in [0.25, 0.3) is 108 Å². The Balaban J connectivity index is 1.08. The summed E-state index contributed by atoms with van der Waals surface area (Å²) in [5, 5.41) is 7.23. The van der Waals surface area contributed by atoms with E-state index in [1.165, 1.54) is 45.9 Å². The summed E-state index contributed by atoms with van der Waals surface area (Å²) in [6.07, 6.45) is 0. The van der Waals surface area contributed by atoms with Crippen molar-refractivity contribution in [2.24, 2.45) is 0 Å². The van der Waals surface area contributed by atoms with Gasteiger partial charge in [0.15, 0.2) is 17.5 Å². The third kappa shape index (κ3) is 4.54. The minimum absolute atomic E-state index is 0.655. The van der Waals surface area contributed by atoms with Gasteiger partial charge in [0.1, 0.15) is 11.2 Å². The summed E-state index contributed by atoms with van der Waals surface area (Å²) in [6.45, 7) is 0. The first-order valence-electron chi connectivity index (χ1n) is 16.8. The maximum atomic E-state index is 6.47. The topological polar surface area (TPSA) is 51.8 Å². The first-order chi connectivity index (χ1) is 25.2. The number of aromatic nitrogens is 3. The molecule has 11 aromatic rings. The van der Waals surface area contributed by atoms with Crippen LogP contribution in [-0.4, -0.2) is 15.0 Å². The first-order valence-corrected chi connectivity index (χ1v) is 18.5. The van der Waals surface area contributed by atoms with Crippen molar-refractivity contribution in [1.29, 1.82) is 0 Å².